The molecule has 0 N–H and O–H groups in total. The van der Waals surface area contributed by atoms with Crippen molar-refractivity contribution >= 4 is 5.97 Å². The van der Waals surface area contributed by atoms with Crippen LogP contribution in [0.4, 0.5) is 13.2 Å². The minimum absolute atomic E-state index is 0.0977. The lowest BCUT2D eigenvalue weighted by Gasteiger charge is -2.11. The predicted molar refractivity (Wildman–Crippen MR) is 81.8 cm³/mol. The first-order valence-corrected chi connectivity index (χ1v) is 7.06. The Morgan fingerprint density at radius 1 is 0.960 bits per heavy atom. The second kappa shape index (κ2) is 7.78. The van der Waals surface area contributed by atoms with Crippen LogP contribution in [0.3, 0.4) is 0 Å². The molecule has 0 heterocycles. The third-order valence-corrected chi connectivity index (χ3v) is 3.15. The summed E-state index contributed by atoms with van der Waals surface area (Å²) in [6, 6.07) is 9.61. The molecule has 0 unspecified atom stereocenters. The van der Waals surface area contributed by atoms with E-state index in [-0.39, 0.29) is 17.9 Å². The lowest BCUT2D eigenvalue weighted by atomic mass is 10.2. The number of alkyl halides is 3. The Balaban J connectivity index is 1.98. The third-order valence-electron chi connectivity index (χ3n) is 3.15. The standard InChI is InChI=1S/C17H15F3O5/c1-22-14-8-5-12(9-15(14)23-2)16(21)24-10-11-3-6-13(7-4-11)25-17(18,19)20/h3-9H,10H2,1-2H3. The van der Waals surface area contributed by atoms with Crippen molar-refractivity contribution in [2.75, 3.05) is 14.2 Å². The highest BCUT2D eigenvalue weighted by Gasteiger charge is 2.30. The molecular weight excluding hydrogens is 341 g/mol. The maximum atomic E-state index is 12.1. The summed E-state index contributed by atoms with van der Waals surface area (Å²) in [5, 5.41) is 0. The summed E-state index contributed by atoms with van der Waals surface area (Å²) in [4.78, 5) is 12.0. The van der Waals surface area contributed by atoms with Crippen LogP contribution in [0.1, 0.15) is 15.9 Å². The van der Waals surface area contributed by atoms with E-state index in [1.807, 2.05) is 0 Å². The first kappa shape index (κ1) is 18.4. The number of hydrogen-bond acceptors (Lipinski definition) is 5. The van der Waals surface area contributed by atoms with Gasteiger partial charge in [0.15, 0.2) is 11.5 Å². The molecule has 0 saturated heterocycles. The molecule has 2 rings (SSSR count). The van der Waals surface area contributed by atoms with Crippen molar-refractivity contribution in [2.45, 2.75) is 13.0 Å². The van der Waals surface area contributed by atoms with Gasteiger partial charge in [0.05, 0.1) is 19.8 Å². The highest BCUT2D eigenvalue weighted by Crippen LogP contribution is 2.28. The Morgan fingerprint density at radius 3 is 2.16 bits per heavy atom. The van der Waals surface area contributed by atoms with Gasteiger partial charge in [0, 0.05) is 0 Å². The van der Waals surface area contributed by atoms with Crippen LogP contribution in [-0.4, -0.2) is 26.6 Å². The molecule has 0 aliphatic heterocycles. The quantitative estimate of drug-likeness (QED) is 0.734. The van der Waals surface area contributed by atoms with Crippen molar-refractivity contribution in [3.05, 3.63) is 53.6 Å². The number of hydrogen-bond donors (Lipinski definition) is 0. The lowest BCUT2D eigenvalue weighted by Crippen LogP contribution is -2.17. The van der Waals surface area contributed by atoms with Crippen LogP contribution in [0.5, 0.6) is 17.2 Å². The van der Waals surface area contributed by atoms with Crippen LogP contribution in [0.2, 0.25) is 0 Å². The smallest absolute Gasteiger partial charge is 0.493 e. The van der Waals surface area contributed by atoms with Gasteiger partial charge in [-0.1, -0.05) is 12.1 Å². The molecule has 25 heavy (non-hydrogen) atoms. The Hall–Kier alpha value is -2.90. The van der Waals surface area contributed by atoms with Crippen LogP contribution >= 0.6 is 0 Å². The molecule has 2 aromatic carbocycles. The zero-order valence-electron chi connectivity index (χ0n) is 13.4. The topological polar surface area (TPSA) is 54.0 Å². The number of halogens is 3. The van der Waals surface area contributed by atoms with E-state index in [9.17, 15) is 18.0 Å². The molecule has 0 amide bonds. The summed E-state index contributed by atoms with van der Waals surface area (Å²) in [7, 11) is 2.92. The summed E-state index contributed by atoms with van der Waals surface area (Å²) in [6.45, 7) is -0.0977. The van der Waals surface area contributed by atoms with E-state index in [0.29, 0.717) is 17.1 Å². The van der Waals surface area contributed by atoms with Crippen molar-refractivity contribution in [1.82, 2.24) is 0 Å². The molecule has 2 aromatic rings. The molecule has 5 nitrogen and oxygen atoms in total. The van der Waals surface area contributed by atoms with E-state index in [4.69, 9.17) is 14.2 Å². The largest absolute Gasteiger partial charge is 0.573 e. The van der Waals surface area contributed by atoms with Crippen molar-refractivity contribution in [1.29, 1.82) is 0 Å². The summed E-state index contributed by atoms with van der Waals surface area (Å²) >= 11 is 0. The van der Waals surface area contributed by atoms with Crippen LogP contribution < -0.4 is 14.2 Å². The summed E-state index contributed by atoms with van der Waals surface area (Å²) in [5.41, 5.74) is 0.776. The molecular formula is C17H15F3O5. The average molecular weight is 356 g/mol. The van der Waals surface area contributed by atoms with Crippen LogP contribution in [0, 0.1) is 0 Å². The SMILES string of the molecule is COc1ccc(C(=O)OCc2ccc(OC(F)(F)F)cc2)cc1OC. The van der Waals surface area contributed by atoms with Gasteiger partial charge in [-0.05, 0) is 35.9 Å². The monoisotopic (exact) mass is 356 g/mol. The number of ether oxygens (including phenoxy) is 4. The van der Waals surface area contributed by atoms with Crippen LogP contribution in [0.15, 0.2) is 42.5 Å². The fourth-order valence-corrected chi connectivity index (χ4v) is 1.98. The van der Waals surface area contributed by atoms with Crippen LogP contribution in [0.25, 0.3) is 0 Å². The van der Waals surface area contributed by atoms with Crippen molar-refractivity contribution in [2.24, 2.45) is 0 Å². The van der Waals surface area contributed by atoms with E-state index in [0.717, 1.165) is 12.1 Å². The Labute approximate surface area is 141 Å². The predicted octanol–water partition coefficient (Wildman–Crippen LogP) is 3.96. The number of benzene rings is 2. The van der Waals surface area contributed by atoms with Gasteiger partial charge in [-0.15, -0.1) is 13.2 Å². The molecule has 0 radical (unpaired) electrons. The zero-order chi connectivity index (χ0) is 18.4. The Morgan fingerprint density at radius 2 is 1.60 bits per heavy atom. The van der Waals surface area contributed by atoms with Crippen molar-refractivity contribution < 1.29 is 36.9 Å². The van der Waals surface area contributed by atoms with Crippen LogP contribution in [-0.2, 0) is 11.3 Å². The average Bonchev–Trinajstić information content (AvgIpc) is 2.58. The first-order valence-electron chi connectivity index (χ1n) is 7.06. The van der Waals surface area contributed by atoms with Gasteiger partial charge in [0.1, 0.15) is 12.4 Å². The second-order valence-corrected chi connectivity index (χ2v) is 4.84. The van der Waals surface area contributed by atoms with Gasteiger partial charge in [-0.25, -0.2) is 4.79 Å². The fourth-order valence-electron chi connectivity index (χ4n) is 1.98. The summed E-state index contributed by atoms with van der Waals surface area (Å²) in [6.07, 6.45) is -4.75. The summed E-state index contributed by atoms with van der Waals surface area (Å²) < 4.78 is 55.3. The normalized spacial score (nSPS) is 10.9. The molecule has 0 spiro atoms. The molecule has 0 fully saturated rings. The van der Waals surface area contributed by atoms with E-state index in [2.05, 4.69) is 4.74 Å². The molecule has 0 aliphatic carbocycles. The summed E-state index contributed by atoms with van der Waals surface area (Å²) in [5.74, 6) is -0.0936. The molecule has 0 aliphatic rings. The van der Waals surface area contributed by atoms with Gasteiger partial charge < -0.3 is 18.9 Å². The van der Waals surface area contributed by atoms with E-state index >= 15 is 0 Å². The maximum Gasteiger partial charge on any atom is 0.573 e. The number of carbonyl (C=O) groups excluding carboxylic acids is 1. The first-order chi connectivity index (χ1) is 11.8. The molecule has 0 saturated carbocycles. The number of carbonyl (C=O) groups is 1. The van der Waals surface area contributed by atoms with Crippen molar-refractivity contribution in [3.8, 4) is 17.2 Å². The van der Waals surface area contributed by atoms with Gasteiger partial charge in [-0.3, -0.25) is 0 Å². The minimum atomic E-state index is -4.75. The number of methoxy groups -OCH3 is 2. The number of esters is 1. The highest BCUT2D eigenvalue weighted by molar-refractivity contribution is 5.90. The molecule has 8 heteroatoms. The lowest BCUT2D eigenvalue weighted by molar-refractivity contribution is -0.274. The Bertz CT molecular complexity index is 726. The highest BCUT2D eigenvalue weighted by atomic mass is 19.4. The van der Waals surface area contributed by atoms with Crippen molar-refractivity contribution in [3.63, 3.8) is 0 Å². The zero-order valence-corrected chi connectivity index (χ0v) is 13.4. The minimum Gasteiger partial charge on any atom is -0.493 e. The number of rotatable bonds is 6. The van der Waals surface area contributed by atoms with E-state index in [1.165, 1.54) is 38.5 Å². The molecule has 0 atom stereocenters. The van der Waals surface area contributed by atoms with Gasteiger partial charge in [0.2, 0.25) is 0 Å². The van der Waals surface area contributed by atoms with Gasteiger partial charge in [-0.2, -0.15) is 0 Å². The second-order valence-electron chi connectivity index (χ2n) is 4.84. The Kier molecular flexibility index (Phi) is 5.74. The van der Waals surface area contributed by atoms with Gasteiger partial charge in [0.25, 0.3) is 0 Å². The van der Waals surface area contributed by atoms with E-state index < -0.39 is 12.3 Å². The fraction of sp³-hybridized carbons (Fsp3) is 0.235. The molecule has 0 aromatic heterocycles. The van der Waals surface area contributed by atoms with Gasteiger partial charge >= 0.3 is 12.3 Å². The maximum absolute atomic E-state index is 12.1. The molecule has 0 bridgehead atoms. The third kappa shape index (κ3) is 5.30. The molecule has 134 valence electrons. The van der Waals surface area contributed by atoms with E-state index in [1.54, 1.807) is 6.07 Å².